The van der Waals surface area contributed by atoms with Crippen LogP contribution in [0.5, 0.6) is 0 Å². The molecule has 3 rings (SSSR count). The van der Waals surface area contributed by atoms with E-state index in [1.807, 2.05) is 11.4 Å². The van der Waals surface area contributed by atoms with Crippen molar-refractivity contribution in [3.8, 4) is 0 Å². The van der Waals surface area contributed by atoms with Crippen LogP contribution in [0.1, 0.15) is 21.5 Å². The Bertz CT molecular complexity index is 1010. The van der Waals surface area contributed by atoms with Crippen LogP contribution in [0.2, 0.25) is 0 Å². The van der Waals surface area contributed by atoms with Gasteiger partial charge in [-0.15, -0.1) is 11.3 Å². The Balaban J connectivity index is 1.70. The SMILES string of the molecule is O=C(OCc1csc(Br)c1)c1cccc(CS(=O)(=O)c2ccccc2)c1. The molecule has 4 nitrogen and oxygen atoms in total. The highest BCUT2D eigenvalue weighted by Gasteiger charge is 2.16. The number of halogens is 1. The average Bonchev–Trinajstić information content (AvgIpc) is 3.05. The quantitative estimate of drug-likeness (QED) is 0.504. The average molecular weight is 451 g/mol. The molecule has 26 heavy (non-hydrogen) atoms. The van der Waals surface area contributed by atoms with Gasteiger partial charge in [0.1, 0.15) is 6.61 Å². The molecule has 1 aromatic heterocycles. The molecule has 7 heteroatoms. The Kier molecular flexibility index (Phi) is 5.90. The maximum atomic E-state index is 12.5. The Hall–Kier alpha value is -1.96. The van der Waals surface area contributed by atoms with Crippen LogP contribution in [0.3, 0.4) is 0 Å². The highest BCUT2D eigenvalue weighted by molar-refractivity contribution is 9.11. The Morgan fingerprint density at radius 1 is 1.00 bits per heavy atom. The van der Waals surface area contributed by atoms with Crippen LogP contribution in [-0.4, -0.2) is 14.4 Å². The van der Waals surface area contributed by atoms with Gasteiger partial charge in [0.15, 0.2) is 9.84 Å². The highest BCUT2D eigenvalue weighted by atomic mass is 79.9. The molecule has 0 aliphatic heterocycles. The molecule has 134 valence electrons. The molecule has 3 aromatic rings. The maximum Gasteiger partial charge on any atom is 0.338 e. The summed E-state index contributed by atoms with van der Waals surface area (Å²) in [7, 11) is -3.46. The summed E-state index contributed by atoms with van der Waals surface area (Å²) in [6.45, 7) is 0.174. The number of benzene rings is 2. The summed E-state index contributed by atoms with van der Waals surface area (Å²) >= 11 is 4.88. The lowest BCUT2D eigenvalue weighted by Crippen LogP contribution is -2.08. The molecule has 0 unspecified atom stereocenters. The minimum atomic E-state index is -3.46. The molecule has 0 bridgehead atoms. The number of esters is 1. The third-order valence-electron chi connectivity index (χ3n) is 3.61. The molecule has 0 aliphatic rings. The van der Waals surface area contributed by atoms with E-state index in [0.29, 0.717) is 11.1 Å². The van der Waals surface area contributed by atoms with Crippen molar-refractivity contribution in [2.24, 2.45) is 0 Å². The second-order valence-electron chi connectivity index (χ2n) is 5.61. The van der Waals surface area contributed by atoms with Crippen molar-refractivity contribution in [3.63, 3.8) is 0 Å². The number of hydrogen-bond donors (Lipinski definition) is 0. The van der Waals surface area contributed by atoms with Crippen LogP contribution >= 0.6 is 27.3 Å². The minimum absolute atomic E-state index is 0.171. The van der Waals surface area contributed by atoms with Gasteiger partial charge in [-0.2, -0.15) is 0 Å². The first-order chi connectivity index (χ1) is 12.4. The summed E-state index contributed by atoms with van der Waals surface area (Å²) in [6, 6.07) is 16.7. The van der Waals surface area contributed by atoms with Crippen LogP contribution < -0.4 is 0 Å². The molecule has 2 aromatic carbocycles. The Morgan fingerprint density at radius 2 is 1.77 bits per heavy atom. The van der Waals surface area contributed by atoms with E-state index in [1.165, 1.54) is 11.3 Å². The fourth-order valence-electron chi connectivity index (χ4n) is 2.37. The van der Waals surface area contributed by atoms with Gasteiger partial charge < -0.3 is 4.74 Å². The normalized spacial score (nSPS) is 11.3. The number of thiophene rings is 1. The third-order valence-corrected chi connectivity index (χ3v) is 6.87. The maximum absolute atomic E-state index is 12.5. The van der Waals surface area contributed by atoms with Crippen molar-refractivity contribution >= 4 is 43.1 Å². The molecular formula is C19H15BrO4S2. The van der Waals surface area contributed by atoms with E-state index >= 15 is 0 Å². The summed E-state index contributed by atoms with van der Waals surface area (Å²) in [6.07, 6.45) is 0. The molecule has 0 saturated carbocycles. The fraction of sp³-hybridized carbons (Fsp3) is 0.105. The molecule has 0 fully saturated rings. The van der Waals surface area contributed by atoms with Crippen molar-refractivity contribution in [1.29, 1.82) is 0 Å². The lowest BCUT2D eigenvalue weighted by Gasteiger charge is -2.07. The molecular weight excluding hydrogens is 436 g/mol. The number of sulfone groups is 1. The van der Waals surface area contributed by atoms with Crippen molar-refractivity contribution < 1.29 is 17.9 Å². The molecule has 0 saturated heterocycles. The molecule has 0 atom stereocenters. The fourth-order valence-corrected chi connectivity index (χ4v) is 4.92. The molecule has 0 N–H and O–H groups in total. The molecule has 1 heterocycles. The van der Waals surface area contributed by atoms with Crippen LogP contribution in [0.15, 0.2) is 74.7 Å². The monoisotopic (exact) mass is 450 g/mol. The molecule has 0 spiro atoms. The van der Waals surface area contributed by atoms with Crippen molar-refractivity contribution in [3.05, 3.63) is 86.5 Å². The van der Waals surface area contributed by atoms with E-state index in [1.54, 1.807) is 54.6 Å². The van der Waals surface area contributed by atoms with Crippen LogP contribution in [0, 0.1) is 0 Å². The predicted octanol–water partition coefficient (Wildman–Crippen LogP) is 4.84. The Labute approximate surface area is 164 Å². The summed E-state index contributed by atoms with van der Waals surface area (Å²) in [4.78, 5) is 12.5. The second kappa shape index (κ2) is 8.16. The van der Waals surface area contributed by atoms with E-state index in [0.717, 1.165) is 9.35 Å². The van der Waals surface area contributed by atoms with Gasteiger partial charge in [0.05, 0.1) is 20.0 Å². The van der Waals surface area contributed by atoms with Gasteiger partial charge in [0.25, 0.3) is 0 Å². The first-order valence-corrected chi connectivity index (χ1v) is 11.0. The van der Waals surface area contributed by atoms with Crippen molar-refractivity contribution in [2.45, 2.75) is 17.3 Å². The lowest BCUT2D eigenvalue weighted by molar-refractivity contribution is 0.0473. The zero-order chi connectivity index (χ0) is 18.6. The van der Waals surface area contributed by atoms with Gasteiger partial charge in [-0.25, -0.2) is 13.2 Å². The third kappa shape index (κ3) is 4.81. The smallest absolute Gasteiger partial charge is 0.338 e. The van der Waals surface area contributed by atoms with Gasteiger partial charge in [-0.05, 0) is 57.2 Å². The van der Waals surface area contributed by atoms with Gasteiger partial charge >= 0.3 is 5.97 Å². The lowest BCUT2D eigenvalue weighted by atomic mass is 10.1. The first-order valence-electron chi connectivity index (χ1n) is 7.71. The number of carbonyl (C=O) groups excluding carboxylic acids is 1. The van der Waals surface area contributed by atoms with Gasteiger partial charge in [0.2, 0.25) is 0 Å². The zero-order valence-electron chi connectivity index (χ0n) is 13.6. The standard InChI is InChI=1S/C19H15BrO4S2/c20-18-10-15(12-25-18)11-24-19(21)16-6-4-5-14(9-16)13-26(22,23)17-7-2-1-3-8-17/h1-10,12H,11,13H2. The molecule has 0 radical (unpaired) electrons. The number of carbonyl (C=O) groups is 1. The second-order valence-corrected chi connectivity index (χ2v) is 9.89. The van der Waals surface area contributed by atoms with Crippen molar-refractivity contribution in [1.82, 2.24) is 0 Å². The highest BCUT2D eigenvalue weighted by Crippen LogP contribution is 2.22. The predicted molar refractivity (Wildman–Crippen MR) is 105 cm³/mol. The number of hydrogen-bond acceptors (Lipinski definition) is 5. The van der Waals surface area contributed by atoms with E-state index < -0.39 is 15.8 Å². The van der Waals surface area contributed by atoms with Crippen LogP contribution in [0.25, 0.3) is 0 Å². The van der Waals surface area contributed by atoms with Crippen LogP contribution in [0.4, 0.5) is 0 Å². The summed E-state index contributed by atoms with van der Waals surface area (Å²) in [5, 5.41) is 1.90. The molecule has 0 amide bonds. The molecule has 0 aliphatic carbocycles. The Morgan fingerprint density at radius 3 is 2.46 bits per heavy atom. The largest absolute Gasteiger partial charge is 0.457 e. The first kappa shape index (κ1) is 18.8. The van der Waals surface area contributed by atoms with Crippen LogP contribution in [-0.2, 0) is 26.9 Å². The summed E-state index contributed by atoms with van der Waals surface area (Å²) in [5.74, 6) is -0.651. The van der Waals surface area contributed by atoms with E-state index in [9.17, 15) is 13.2 Å². The summed E-state index contributed by atoms with van der Waals surface area (Å²) < 4.78 is 31.2. The number of rotatable bonds is 6. The van der Waals surface area contributed by atoms with Crippen molar-refractivity contribution in [2.75, 3.05) is 0 Å². The summed E-state index contributed by atoms with van der Waals surface area (Å²) in [5.41, 5.74) is 1.78. The van der Waals surface area contributed by atoms with Gasteiger partial charge in [-0.1, -0.05) is 30.3 Å². The minimum Gasteiger partial charge on any atom is -0.457 e. The number of ether oxygens (including phenoxy) is 1. The zero-order valence-corrected chi connectivity index (χ0v) is 16.8. The van der Waals surface area contributed by atoms with E-state index in [4.69, 9.17) is 4.74 Å². The van der Waals surface area contributed by atoms with Gasteiger partial charge in [-0.3, -0.25) is 0 Å². The van der Waals surface area contributed by atoms with E-state index in [-0.39, 0.29) is 17.3 Å². The van der Waals surface area contributed by atoms with E-state index in [2.05, 4.69) is 15.9 Å². The topological polar surface area (TPSA) is 60.4 Å². The van der Waals surface area contributed by atoms with Gasteiger partial charge in [0, 0.05) is 5.56 Å².